The predicted octanol–water partition coefficient (Wildman–Crippen LogP) is 1.39. The van der Waals surface area contributed by atoms with Gasteiger partial charge in [-0.25, -0.2) is 4.79 Å². The first-order valence-electron chi connectivity index (χ1n) is 6.08. The summed E-state index contributed by atoms with van der Waals surface area (Å²) < 4.78 is 36.5. The fourth-order valence-electron chi connectivity index (χ4n) is 1.48. The highest BCUT2D eigenvalue weighted by molar-refractivity contribution is 7.08. The van der Waals surface area contributed by atoms with Crippen LogP contribution in [0.25, 0.3) is 0 Å². The van der Waals surface area contributed by atoms with Crippen LogP contribution in [-0.4, -0.2) is 41.7 Å². The number of hydrogen-bond acceptors (Lipinski definition) is 4. The Bertz CT molecular complexity index is 531. The van der Waals surface area contributed by atoms with Crippen molar-refractivity contribution in [1.82, 2.24) is 10.6 Å². The monoisotopic (exact) mass is 338 g/mol. The standard InChI is InChI=1S/C12H13F3N2O4S/c13-12(14,15)5-8(11(20)21)17-9(18)1-3-16-10(19)7-2-4-22-6-7/h2,4,6,8H,1,3,5H2,(H,16,19)(H,17,18)(H,20,21). The summed E-state index contributed by atoms with van der Waals surface area (Å²) in [7, 11) is 0. The number of carbonyl (C=O) groups excluding carboxylic acids is 2. The van der Waals surface area contributed by atoms with Crippen molar-refractivity contribution < 1.29 is 32.7 Å². The maximum Gasteiger partial charge on any atom is 0.391 e. The molecule has 0 radical (unpaired) electrons. The first-order chi connectivity index (χ1) is 10.2. The van der Waals surface area contributed by atoms with E-state index in [4.69, 9.17) is 5.11 Å². The minimum Gasteiger partial charge on any atom is -0.480 e. The van der Waals surface area contributed by atoms with Crippen molar-refractivity contribution in [1.29, 1.82) is 0 Å². The molecule has 0 aromatic carbocycles. The Hall–Kier alpha value is -2.10. The molecule has 0 aliphatic heterocycles. The highest BCUT2D eigenvalue weighted by Crippen LogP contribution is 2.21. The Kier molecular flexibility index (Phi) is 6.35. The van der Waals surface area contributed by atoms with E-state index >= 15 is 0 Å². The van der Waals surface area contributed by atoms with Crippen LogP contribution in [0.5, 0.6) is 0 Å². The van der Waals surface area contributed by atoms with Gasteiger partial charge in [0, 0.05) is 23.9 Å². The zero-order valence-electron chi connectivity index (χ0n) is 11.1. The maximum atomic E-state index is 12.2. The molecule has 6 nitrogen and oxygen atoms in total. The summed E-state index contributed by atoms with van der Waals surface area (Å²) in [6, 6.07) is -0.468. The second-order valence-corrected chi connectivity index (χ2v) is 5.08. The summed E-state index contributed by atoms with van der Waals surface area (Å²) in [4.78, 5) is 33.6. The highest BCUT2D eigenvalue weighted by Gasteiger charge is 2.36. The number of amides is 2. The molecular formula is C12H13F3N2O4S. The van der Waals surface area contributed by atoms with Gasteiger partial charge in [-0.05, 0) is 11.4 Å². The van der Waals surface area contributed by atoms with Crippen LogP contribution in [0.2, 0.25) is 0 Å². The Morgan fingerprint density at radius 3 is 2.50 bits per heavy atom. The zero-order valence-corrected chi connectivity index (χ0v) is 12.0. The summed E-state index contributed by atoms with van der Waals surface area (Å²) in [5.41, 5.74) is 0.408. The average molecular weight is 338 g/mol. The molecule has 1 atom stereocenters. The number of carboxylic acids is 1. The van der Waals surface area contributed by atoms with Crippen molar-refractivity contribution in [2.24, 2.45) is 0 Å². The number of aliphatic carboxylic acids is 1. The number of halogens is 3. The quantitative estimate of drug-likeness (QED) is 0.700. The third-order valence-electron chi connectivity index (χ3n) is 2.49. The van der Waals surface area contributed by atoms with Gasteiger partial charge in [0.2, 0.25) is 5.91 Å². The number of carboxylic acid groups (broad SMARTS) is 1. The molecule has 0 aliphatic rings. The molecular weight excluding hydrogens is 325 g/mol. The van der Waals surface area contributed by atoms with Gasteiger partial charge in [0.15, 0.2) is 0 Å². The molecule has 0 saturated heterocycles. The molecule has 1 rings (SSSR count). The fourth-order valence-corrected chi connectivity index (χ4v) is 2.12. The second kappa shape index (κ2) is 7.78. The van der Waals surface area contributed by atoms with E-state index in [1.165, 1.54) is 11.3 Å². The van der Waals surface area contributed by atoms with Gasteiger partial charge in [0.1, 0.15) is 6.04 Å². The summed E-state index contributed by atoms with van der Waals surface area (Å²) in [6.45, 7) is -0.112. The van der Waals surface area contributed by atoms with Crippen LogP contribution in [0.15, 0.2) is 16.8 Å². The smallest absolute Gasteiger partial charge is 0.391 e. The van der Waals surface area contributed by atoms with Crippen LogP contribution in [-0.2, 0) is 9.59 Å². The van der Waals surface area contributed by atoms with E-state index in [9.17, 15) is 27.6 Å². The first kappa shape index (κ1) is 18.0. The zero-order chi connectivity index (χ0) is 16.8. The van der Waals surface area contributed by atoms with Gasteiger partial charge in [-0.2, -0.15) is 24.5 Å². The molecule has 3 N–H and O–H groups in total. The van der Waals surface area contributed by atoms with E-state index in [-0.39, 0.29) is 13.0 Å². The van der Waals surface area contributed by atoms with Gasteiger partial charge in [-0.3, -0.25) is 9.59 Å². The van der Waals surface area contributed by atoms with Crippen LogP contribution < -0.4 is 10.6 Å². The Morgan fingerprint density at radius 1 is 1.32 bits per heavy atom. The Morgan fingerprint density at radius 2 is 2.00 bits per heavy atom. The summed E-state index contributed by atoms with van der Waals surface area (Å²) in [5.74, 6) is -3.07. The molecule has 0 aliphatic carbocycles. The van der Waals surface area contributed by atoms with E-state index in [0.717, 1.165) is 0 Å². The van der Waals surface area contributed by atoms with Crippen molar-refractivity contribution in [3.63, 3.8) is 0 Å². The normalized spacial score (nSPS) is 12.5. The van der Waals surface area contributed by atoms with Crippen molar-refractivity contribution in [2.45, 2.75) is 25.1 Å². The molecule has 1 unspecified atom stereocenters. The van der Waals surface area contributed by atoms with Crippen molar-refractivity contribution in [3.05, 3.63) is 22.4 Å². The van der Waals surface area contributed by atoms with E-state index in [0.29, 0.717) is 5.56 Å². The molecule has 0 spiro atoms. The van der Waals surface area contributed by atoms with Gasteiger partial charge in [-0.1, -0.05) is 0 Å². The van der Waals surface area contributed by atoms with Gasteiger partial charge in [0.25, 0.3) is 5.91 Å². The number of nitrogens with one attached hydrogen (secondary N) is 2. The van der Waals surface area contributed by atoms with Crippen LogP contribution in [0.4, 0.5) is 13.2 Å². The van der Waals surface area contributed by atoms with Crippen LogP contribution in [0, 0.1) is 0 Å². The second-order valence-electron chi connectivity index (χ2n) is 4.30. The van der Waals surface area contributed by atoms with Gasteiger partial charge >= 0.3 is 12.1 Å². The molecule has 22 heavy (non-hydrogen) atoms. The number of rotatable bonds is 7. The summed E-state index contributed by atoms with van der Waals surface area (Å²) in [6.07, 6.45) is -6.68. The lowest BCUT2D eigenvalue weighted by atomic mass is 10.2. The van der Waals surface area contributed by atoms with Gasteiger partial charge < -0.3 is 15.7 Å². The van der Waals surface area contributed by atoms with E-state index < -0.39 is 36.4 Å². The lowest BCUT2D eigenvalue weighted by Crippen LogP contribution is -2.44. The third kappa shape index (κ3) is 6.57. The molecule has 2 amide bonds. The molecule has 0 fully saturated rings. The molecule has 1 aromatic heterocycles. The lowest BCUT2D eigenvalue weighted by Gasteiger charge is -2.16. The number of hydrogen-bond donors (Lipinski definition) is 3. The van der Waals surface area contributed by atoms with Crippen LogP contribution in [0.1, 0.15) is 23.2 Å². The summed E-state index contributed by atoms with van der Waals surface area (Å²) >= 11 is 1.31. The minimum absolute atomic E-state index is 0.112. The SMILES string of the molecule is O=C(CCNC(=O)c1ccsc1)NC(CC(F)(F)F)C(=O)O. The van der Waals surface area contributed by atoms with Crippen molar-refractivity contribution in [2.75, 3.05) is 6.54 Å². The molecule has 122 valence electrons. The van der Waals surface area contributed by atoms with Crippen LogP contribution in [0.3, 0.4) is 0 Å². The van der Waals surface area contributed by atoms with E-state index in [2.05, 4.69) is 5.32 Å². The van der Waals surface area contributed by atoms with E-state index in [1.807, 2.05) is 0 Å². The Balaban J connectivity index is 2.38. The predicted molar refractivity (Wildman–Crippen MR) is 71.5 cm³/mol. The van der Waals surface area contributed by atoms with Crippen molar-refractivity contribution in [3.8, 4) is 0 Å². The topological polar surface area (TPSA) is 95.5 Å². The molecule has 10 heteroatoms. The molecule has 0 bridgehead atoms. The largest absolute Gasteiger partial charge is 0.480 e. The number of thiophene rings is 1. The summed E-state index contributed by atoms with van der Waals surface area (Å²) in [5, 5.41) is 16.1. The van der Waals surface area contributed by atoms with Crippen LogP contribution >= 0.6 is 11.3 Å². The van der Waals surface area contributed by atoms with Crippen molar-refractivity contribution >= 4 is 29.1 Å². The number of carbonyl (C=O) groups is 3. The highest BCUT2D eigenvalue weighted by atomic mass is 32.1. The van der Waals surface area contributed by atoms with E-state index in [1.54, 1.807) is 22.1 Å². The molecule has 0 saturated carbocycles. The Labute approximate surface area is 127 Å². The van der Waals surface area contributed by atoms with Gasteiger partial charge in [-0.15, -0.1) is 0 Å². The first-order valence-corrected chi connectivity index (χ1v) is 7.02. The fraction of sp³-hybridized carbons (Fsp3) is 0.417. The number of alkyl halides is 3. The minimum atomic E-state index is -4.70. The van der Waals surface area contributed by atoms with Gasteiger partial charge in [0.05, 0.1) is 6.42 Å². The lowest BCUT2D eigenvalue weighted by molar-refractivity contribution is -0.159. The molecule has 1 heterocycles. The maximum absolute atomic E-state index is 12.2. The molecule has 1 aromatic rings. The third-order valence-corrected chi connectivity index (χ3v) is 3.17. The average Bonchev–Trinajstić information content (AvgIpc) is 2.89.